The Bertz CT molecular complexity index is 842. The normalized spacial score (nSPS) is 11.1. The van der Waals surface area contributed by atoms with Gasteiger partial charge in [-0.3, -0.25) is 9.78 Å². The molecule has 3 rings (SSSR count). The molecule has 4 nitrogen and oxygen atoms in total. The minimum Gasteiger partial charge on any atom is -0.383 e. The van der Waals surface area contributed by atoms with Crippen molar-refractivity contribution in [2.24, 2.45) is 5.73 Å². The van der Waals surface area contributed by atoms with Crippen LogP contribution in [0.3, 0.4) is 0 Å². The number of benzene rings is 1. The van der Waals surface area contributed by atoms with Crippen molar-refractivity contribution >= 4 is 37.2 Å². The van der Waals surface area contributed by atoms with Crippen molar-refractivity contribution in [3.63, 3.8) is 0 Å². The van der Waals surface area contributed by atoms with Crippen molar-refractivity contribution in [3.05, 3.63) is 46.4 Å². The van der Waals surface area contributed by atoms with Gasteiger partial charge in [0.1, 0.15) is 0 Å². The molecule has 1 aromatic carbocycles. The molecule has 3 N–H and O–H groups in total. The number of anilines is 1. The number of fused-ring (bicyclic) bond motifs is 2. The van der Waals surface area contributed by atoms with Gasteiger partial charge in [0.25, 0.3) is 0 Å². The maximum absolute atomic E-state index is 12.7. The summed E-state index contributed by atoms with van der Waals surface area (Å²) in [5, 5.41) is 4.64. The van der Waals surface area contributed by atoms with Gasteiger partial charge in [-0.1, -0.05) is 6.07 Å². The Morgan fingerprint density at radius 1 is 1.35 bits per heavy atom. The molecule has 0 aliphatic carbocycles. The van der Waals surface area contributed by atoms with Gasteiger partial charge in [-0.15, -0.1) is 11.3 Å². The third-order valence-electron chi connectivity index (χ3n) is 3.28. The fourth-order valence-electron chi connectivity index (χ4n) is 2.28. The molecule has 2 heterocycles. The van der Waals surface area contributed by atoms with Crippen molar-refractivity contribution in [2.75, 3.05) is 18.4 Å². The highest BCUT2D eigenvalue weighted by Crippen LogP contribution is 2.31. The summed E-state index contributed by atoms with van der Waals surface area (Å²) in [6.07, 6.45) is 3.36. The maximum Gasteiger partial charge on any atom is 0.199 e. The molecule has 0 aliphatic heterocycles. The molecule has 0 saturated carbocycles. The van der Waals surface area contributed by atoms with E-state index in [9.17, 15) is 4.79 Å². The summed E-state index contributed by atoms with van der Waals surface area (Å²) in [6.45, 7) is 3.20. The molecule has 0 amide bonds. The Morgan fingerprint density at radius 3 is 3.00 bits per heavy atom. The number of rotatable bonds is 3. The number of aromatic nitrogens is 1. The highest BCUT2D eigenvalue weighted by Gasteiger charge is 2.11. The fourth-order valence-corrected chi connectivity index (χ4v) is 3.42. The lowest BCUT2D eigenvalue weighted by molar-refractivity contribution is 1.03. The second-order valence-electron chi connectivity index (χ2n) is 4.65. The molecule has 0 unspecified atom stereocenters. The number of nitrogens with two attached hydrogens (primary N) is 1. The van der Waals surface area contributed by atoms with Gasteiger partial charge in [-0.05, 0) is 24.6 Å². The largest absolute Gasteiger partial charge is 0.383 e. The summed E-state index contributed by atoms with van der Waals surface area (Å²) < 4.78 is 1.99. The first-order chi connectivity index (χ1) is 9.72. The van der Waals surface area contributed by atoms with E-state index in [0.717, 1.165) is 26.0 Å². The van der Waals surface area contributed by atoms with Crippen LogP contribution < -0.4 is 16.5 Å². The smallest absolute Gasteiger partial charge is 0.199 e. The van der Waals surface area contributed by atoms with Crippen LogP contribution in [-0.4, -0.2) is 18.1 Å². The summed E-state index contributed by atoms with van der Waals surface area (Å²) in [7, 11) is 0. The number of aryl methyl sites for hydroxylation is 1. The van der Waals surface area contributed by atoms with Crippen LogP contribution in [0.2, 0.25) is 0 Å². The van der Waals surface area contributed by atoms with E-state index in [-0.39, 0.29) is 5.43 Å². The van der Waals surface area contributed by atoms with E-state index in [1.807, 2.05) is 25.1 Å². The Kier molecular flexibility index (Phi) is 3.38. The first-order valence-electron chi connectivity index (χ1n) is 6.46. The molecule has 0 fully saturated rings. The average molecular weight is 285 g/mol. The summed E-state index contributed by atoms with van der Waals surface area (Å²) in [5.74, 6) is 0. The van der Waals surface area contributed by atoms with Crippen molar-refractivity contribution in [3.8, 4) is 0 Å². The highest BCUT2D eigenvalue weighted by molar-refractivity contribution is 7.24. The zero-order chi connectivity index (χ0) is 14.1. The van der Waals surface area contributed by atoms with Crippen molar-refractivity contribution < 1.29 is 0 Å². The first-order valence-corrected chi connectivity index (χ1v) is 7.28. The van der Waals surface area contributed by atoms with Crippen LogP contribution in [-0.2, 0) is 0 Å². The molecule has 0 bridgehead atoms. The Balaban J connectivity index is 2.41. The van der Waals surface area contributed by atoms with Gasteiger partial charge in [-0.2, -0.15) is 0 Å². The minimum atomic E-state index is 0.0325. The number of nitrogens with one attached hydrogen (secondary N) is 1. The number of hydrogen-bond acceptors (Lipinski definition) is 5. The van der Waals surface area contributed by atoms with Crippen LogP contribution in [0.25, 0.3) is 20.2 Å². The lowest BCUT2D eigenvalue weighted by Crippen LogP contribution is -2.15. The fraction of sp³-hybridized carbons (Fsp3) is 0.200. The van der Waals surface area contributed by atoms with E-state index in [4.69, 9.17) is 5.73 Å². The lowest BCUT2D eigenvalue weighted by Gasteiger charge is -2.10. The molecule has 5 heteroatoms. The predicted molar refractivity (Wildman–Crippen MR) is 85.7 cm³/mol. The van der Waals surface area contributed by atoms with E-state index >= 15 is 0 Å². The minimum absolute atomic E-state index is 0.0325. The van der Waals surface area contributed by atoms with E-state index in [1.54, 1.807) is 23.7 Å². The monoisotopic (exact) mass is 285 g/mol. The lowest BCUT2D eigenvalue weighted by atomic mass is 10.1. The zero-order valence-electron chi connectivity index (χ0n) is 11.1. The molecule has 20 heavy (non-hydrogen) atoms. The van der Waals surface area contributed by atoms with Crippen molar-refractivity contribution in [1.29, 1.82) is 0 Å². The molecule has 0 saturated heterocycles. The Labute approximate surface area is 120 Å². The molecular weight excluding hydrogens is 270 g/mol. The molecule has 0 radical (unpaired) electrons. The van der Waals surface area contributed by atoms with Gasteiger partial charge < -0.3 is 11.1 Å². The van der Waals surface area contributed by atoms with E-state index in [0.29, 0.717) is 18.5 Å². The van der Waals surface area contributed by atoms with Crippen LogP contribution in [0.1, 0.15) is 5.56 Å². The molecule has 0 atom stereocenters. The van der Waals surface area contributed by atoms with Gasteiger partial charge in [0.05, 0.1) is 10.8 Å². The summed E-state index contributed by atoms with van der Waals surface area (Å²) in [4.78, 5) is 16.8. The number of nitrogens with zero attached hydrogens (tertiary/aromatic N) is 1. The third kappa shape index (κ3) is 2.05. The van der Waals surface area contributed by atoms with Gasteiger partial charge in [0.2, 0.25) is 0 Å². The number of pyridine rings is 1. The van der Waals surface area contributed by atoms with Crippen molar-refractivity contribution in [2.45, 2.75) is 6.92 Å². The highest BCUT2D eigenvalue weighted by atomic mass is 32.1. The molecule has 2 aromatic heterocycles. The second kappa shape index (κ2) is 5.19. The van der Waals surface area contributed by atoms with Gasteiger partial charge in [-0.25, -0.2) is 0 Å². The van der Waals surface area contributed by atoms with E-state index < -0.39 is 0 Å². The van der Waals surface area contributed by atoms with E-state index in [2.05, 4.69) is 10.3 Å². The molecular formula is C15H15N3OS. The first kappa shape index (κ1) is 13.0. The quantitative estimate of drug-likeness (QED) is 0.725. The predicted octanol–water partition coefficient (Wildman–Crippen LogP) is 2.49. The Morgan fingerprint density at radius 2 is 2.20 bits per heavy atom. The van der Waals surface area contributed by atoms with Gasteiger partial charge in [0.15, 0.2) is 5.43 Å². The van der Waals surface area contributed by atoms with Crippen LogP contribution in [0.15, 0.2) is 35.4 Å². The summed E-state index contributed by atoms with van der Waals surface area (Å²) in [6, 6.07) is 5.87. The number of hydrogen-bond donors (Lipinski definition) is 2. The van der Waals surface area contributed by atoms with Gasteiger partial charge in [0, 0.05) is 40.6 Å². The van der Waals surface area contributed by atoms with Gasteiger partial charge >= 0.3 is 0 Å². The summed E-state index contributed by atoms with van der Waals surface area (Å²) in [5.41, 5.74) is 7.52. The topological polar surface area (TPSA) is 68.0 Å². The van der Waals surface area contributed by atoms with Crippen LogP contribution >= 0.6 is 11.3 Å². The zero-order valence-corrected chi connectivity index (χ0v) is 12.0. The van der Waals surface area contributed by atoms with Crippen molar-refractivity contribution in [1.82, 2.24) is 4.98 Å². The van der Waals surface area contributed by atoms with Crippen LogP contribution in [0.5, 0.6) is 0 Å². The SMILES string of the molecule is Cc1ccc(NCCN)c2c(=O)c3cnccc3sc12. The standard InChI is InChI=1S/C15H15N3OS/c1-9-2-3-11(18-7-5-16)13-14(19)10-8-17-6-4-12(10)20-15(9)13/h2-4,6,8,18H,5,7,16H2,1H3. The maximum atomic E-state index is 12.7. The average Bonchev–Trinajstić information content (AvgIpc) is 2.47. The molecule has 0 spiro atoms. The van der Waals surface area contributed by atoms with Crippen LogP contribution in [0.4, 0.5) is 5.69 Å². The molecule has 102 valence electrons. The van der Waals surface area contributed by atoms with E-state index in [1.165, 1.54) is 0 Å². The molecule has 3 aromatic rings. The van der Waals surface area contributed by atoms with Crippen LogP contribution in [0, 0.1) is 6.92 Å². The molecule has 0 aliphatic rings. The Hall–Kier alpha value is -1.98. The third-order valence-corrected chi connectivity index (χ3v) is 4.59. The second-order valence-corrected chi connectivity index (χ2v) is 5.70. The summed E-state index contributed by atoms with van der Waals surface area (Å²) >= 11 is 1.63.